The van der Waals surface area contributed by atoms with Gasteiger partial charge in [-0.15, -0.1) is 12.4 Å². The van der Waals surface area contributed by atoms with E-state index in [0.29, 0.717) is 5.56 Å². The van der Waals surface area contributed by atoms with Crippen LogP contribution in [0.1, 0.15) is 19.4 Å². The second-order valence-electron chi connectivity index (χ2n) is 5.55. The molecule has 6 heteroatoms. The van der Waals surface area contributed by atoms with Crippen LogP contribution in [0.2, 0.25) is 0 Å². The molecule has 1 N–H and O–H groups in total. The zero-order chi connectivity index (χ0) is 15.6. The van der Waals surface area contributed by atoms with Gasteiger partial charge in [0.25, 0.3) is 5.56 Å². The molecule has 0 aliphatic rings. The van der Waals surface area contributed by atoms with Gasteiger partial charge in [-0.05, 0) is 31.4 Å². The highest BCUT2D eigenvalue weighted by atomic mass is 35.5. The summed E-state index contributed by atoms with van der Waals surface area (Å²) in [6.07, 6.45) is 0. The van der Waals surface area contributed by atoms with Crippen LogP contribution in [-0.4, -0.2) is 28.6 Å². The first-order valence-electron chi connectivity index (χ1n) is 6.99. The molecule has 120 valence electrons. The summed E-state index contributed by atoms with van der Waals surface area (Å²) in [6.45, 7) is 4.09. The fourth-order valence-corrected chi connectivity index (χ4v) is 2.29. The first-order chi connectivity index (χ1) is 9.90. The first-order valence-corrected chi connectivity index (χ1v) is 6.99. The van der Waals surface area contributed by atoms with Crippen LogP contribution < -0.4 is 10.9 Å². The van der Waals surface area contributed by atoms with Crippen molar-refractivity contribution in [2.75, 3.05) is 7.05 Å². The smallest absolute Gasteiger partial charge is 0.317 e. The van der Waals surface area contributed by atoms with Crippen molar-refractivity contribution in [1.29, 1.82) is 0 Å². The number of nitrogens with one attached hydrogen (secondary N) is 1. The number of nitrogens with zero attached hydrogens (tertiary/aromatic N) is 2. The number of rotatable bonds is 3. The predicted octanol–water partition coefficient (Wildman–Crippen LogP) is 2.51. The van der Waals surface area contributed by atoms with Gasteiger partial charge in [0, 0.05) is 25.7 Å². The van der Waals surface area contributed by atoms with Crippen molar-refractivity contribution in [3.63, 3.8) is 0 Å². The lowest BCUT2D eigenvalue weighted by Gasteiger charge is -2.20. The van der Waals surface area contributed by atoms with Crippen molar-refractivity contribution in [2.45, 2.75) is 26.4 Å². The van der Waals surface area contributed by atoms with Crippen LogP contribution >= 0.6 is 12.4 Å². The van der Waals surface area contributed by atoms with Gasteiger partial charge in [-0.2, -0.15) is 0 Å². The van der Waals surface area contributed by atoms with Gasteiger partial charge >= 0.3 is 6.03 Å². The number of benzene rings is 1. The highest BCUT2D eigenvalue weighted by Crippen LogP contribution is 2.13. The summed E-state index contributed by atoms with van der Waals surface area (Å²) in [5.74, 6) is 0. The van der Waals surface area contributed by atoms with Gasteiger partial charge in [0.1, 0.15) is 0 Å². The number of fused-ring (bicyclic) bond motifs is 1. The number of hydrogen-bond acceptors (Lipinski definition) is 2. The maximum absolute atomic E-state index is 12.4. The molecule has 0 spiro atoms. The molecule has 0 bridgehead atoms. The Hall–Kier alpha value is -2.01. The van der Waals surface area contributed by atoms with Crippen LogP contribution in [0.15, 0.2) is 35.1 Å². The van der Waals surface area contributed by atoms with E-state index in [0.717, 1.165) is 10.9 Å². The third kappa shape index (κ3) is 3.80. The molecule has 0 unspecified atom stereocenters. The molecule has 5 nitrogen and oxygen atoms in total. The van der Waals surface area contributed by atoms with E-state index in [-0.39, 0.29) is 36.6 Å². The standard InChI is InChI=1S/C16H21N3O2.ClH/c1-11(2)17-16(21)18(3)10-13-9-12-7-5-6-8-14(12)19(4)15(13)20;/h5-9,11H,10H2,1-4H3,(H,17,21);1H. The van der Waals surface area contributed by atoms with Gasteiger partial charge in [-0.25, -0.2) is 4.79 Å². The highest BCUT2D eigenvalue weighted by Gasteiger charge is 2.13. The minimum absolute atomic E-state index is 0. The van der Waals surface area contributed by atoms with Crippen molar-refractivity contribution in [2.24, 2.45) is 7.05 Å². The van der Waals surface area contributed by atoms with Crippen molar-refractivity contribution in [1.82, 2.24) is 14.8 Å². The summed E-state index contributed by atoms with van der Waals surface area (Å²) in [6, 6.07) is 9.47. The van der Waals surface area contributed by atoms with Gasteiger partial charge in [-0.3, -0.25) is 4.79 Å². The maximum Gasteiger partial charge on any atom is 0.317 e. The molecule has 2 aromatic rings. The van der Waals surface area contributed by atoms with E-state index in [1.165, 1.54) is 4.90 Å². The highest BCUT2D eigenvalue weighted by molar-refractivity contribution is 5.85. The zero-order valence-electron chi connectivity index (χ0n) is 13.3. The Balaban J connectivity index is 0.00000242. The molecule has 0 atom stereocenters. The summed E-state index contributed by atoms with van der Waals surface area (Å²) >= 11 is 0. The Labute approximate surface area is 136 Å². The molecule has 2 amide bonds. The van der Waals surface area contributed by atoms with Crippen molar-refractivity contribution in [3.05, 3.63) is 46.2 Å². The van der Waals surface area contributed by atoms with Crippen molar-refractivity contribution in [3.8, 4) is 0 Å². The Morgan fingerprint density at radius 3 is 2.59 bits per heavy atom. The molecular formula is C16H22ClN3O2. The normalized spacial score (nSPS) is 10.4. The van der Waals surface area contributed by atoms with E-state index in [9.17, 15) is 9.59 Å². The average Bonchev–Trinajstić information content (AvgIpc) is 2.43. The van der Waals surface area contributed by atoms with E-state index in [4.69, 9.17) is 0 Å². The van der Waals surface area contributed by atoms with E-state index in [2.05, 4.69) is 5.32 Å². The van der Waals surface area contributed by atoms with Crippen LogP contribution in [0, 0.1) is 0 Å². The quantitative estimate of drug-likeness (QED) is 0.943. The van der Waals surface area contributed by atoms with E-state index in [1.54, 1.807) is 18.7 Å². The number of pyridine rings is 1. The molecule has 22 heavy (non-hydrogen) atoms. The lowest BCUT2D eigenvalue weighted by Crippen LogP contribution is -2.41. The van der Waals surface area contributed by atoms with E-state index in [1.807, 2.05) is 44.2 Å². The summed E-state index contributed by atoms with van der Waals surface area (Å²) in [5, 5.41) is 3.80. The van der Waals surface area contributed by atoms with Gasteiger partial charge in [0.05, 0.1) is 12.1 Å². The maximum atomic E-state index is 12.4. The number of carbonyl (C=O) groups is 1. The number of amides is 2. The number of aromatic nitrogens is 1. The van der Waals surface area contributed by atoms with Gasteiger partial charge in [0.15, 0.2) is 0 Å². The lowest BCUT2D eigenvalue weighted by atomic mass is 10.1. The molecular weight excluding hydrogens is 302 g/mol. The minimum atomic E-state index is -0.180. The zero-order valence-corrected chi connectivity index (χ0v) is 14.1. The third-order valence-corrected chi connectivity index (χ3v) is 3.37. The first kappa shape index (κ1) is 18.0. The van der Waals surface area contributed by atoms with E-state index >= 15 is 0 Å². The number of para-hydroxylation sites is 1. The second-order valence-corrected chi connectivity index (χ2v) is 5.55. The number of halogens is 1. The summed E-state index contributed by atoms with van der Waals surface area (Å²) in [4.78, 5) is 25.8. The second kappa shape index (κ2) is 7.31. The number of hydrogen-bond donors (Lipinski definition) is 1. The molecule has 2 rings (SSSR count). The van der Waals surface area contributed by atoms with Crippen LogP contribution in [0.4, 0.5) is 4.79 Å². The Morgan fingerprint density at radius 2 is 1.95 bits per heavy atom. The van der Waals surface area contributed by atoms with Gasteiger partial charge in [-0.1, -0.05) is 18.2 Å². The number of aryl methyl sites for hydroxylation is 1. The Bertz CT molecular complexity index is 725. The average molecular weight is 324 g/mol. The SMILES string of the molecule is CC(C)NC(=O)N(C)Cc1cc2ccccc2n(C)c1=O.Cl. The van der Waals surface area contributed by atoms with Crippen LogP contribution in [0.5, 0.6) is 0 Å². The molecule has 1 aromatic heterocycles. The van der Waals surface area contributed by atoms with Crippen LogP contribution in [0.25, 0.3) is 10.9 Å². The van der Waals surface area contributed by atoms with Crippen molar-refractivity contribution < 1.29 is 4.79 Å². The largest absolute Gasteiger partial charge is 0.336 e. The molecule has 0 fully saturated rings. The van der Waals surface area contributed by atoms with Crippen LogP contribution in [0.3, 0.4) is 0 Å². The monoisotopic (exact) mass is 323 g/mol. The number of carbonyl (C=O) groups excluding carboxylic acids is 1. The summed E-state index contributed by atoms with van der Waals surface area (Å²) in [5.41, 5.74) is 1.43. The number of urea groups is 1. The molecule has 0 saturated carbocycles. The van der Waals surface area contributed by atoms with Gasteiger partial charge < -0.3 is 14.8 Å². The topological polar surface area (TPSA) is 54.3 Å². The molecule has 0 aliphatic heterocycles. The van der Waals surface area contributed by atoms with Crippen molar-refractivity contribution >= 4 is 29.3 Å². The molecule has 0 saturated heterocycles. The fraction of sp³-hybridized carbons (Fsp3) is 0.375. The predicted molar refractivity (Wildman–Crippen MR) is 91.6 cm³/mol. The molecule has 1 aromatic carbocycles. The molecule has 0 aliphatic carbocycles. The Morgan fingerprint density at radius 1 is 1.32 bits per heavy atom. The van der Waals surface area contributed by atoms with Crippen LogP contribution in [-0.2, 0) is 13.6 Å². The Kier molecular flexibility index (Phi) is 6.00. The summed E-state index contributed by atoms with van der Waals surface area (Å²) in [7, 11) is 3.44. The molecule has 0 radical (unpaired) electrons. The van der Waals surface area contributed by atoms with Gasteiger partial charge in [0.2, 0.25) is 0 Å². The minimum Gasteiger partial charge on any atom is -0.336 e. The lowest BCUT2D eigenvalue weighted by molar-refractivity contribution is 0.204. The van der Waals surface area contributed by atoms with E-state index < -0.39 is 0 Å². The molecule has 1 heterocycles. The fourth-order valence-electron chi connectivity index (χ4n) is 2.29. The third-order valence-electron chi connectivity index (χ3n) is 3.37. The summed E-state index contributed by atoms with van der Waals surface area (Å²) < 4.78 is 1.62.